The van der Waals surface area contributed by atoms with Crippen LogP contribution in [-0.2, 0) is 0 Å². The van der Waals surface area contributed by atoms with Gasteiger partial charge in [-0.3, -0.25) is 0 Å². The van der Waals surface area contributed by atoms with Crippen LogP contribution in [0.2, 0.25) is 0 Å². The number of fused-ring (bicyclic) bond motifs is 6. The van der Waals surface area contributed by atoms with E-state index in [-0.39, 0.29) is 0 Å². The summed E-state index contributed by atoms with van der Waals surface area (Å²) in [5.41, 5.74) is 6.37. The molecule has 1 aliphatic rings. The summed E-state index contributed by atoms with van der Waals surface area (Å²) in [5.74, 6) is 1.31. The van der Waals surface area contributed by atoms with Gasteiger partial charge in [0.15, 0.2) is 0 Å². The average Bonchev–Trinajstić information content (AvgIpc) is 3.31. The summed E-state index contributed by atoms with van der Waals surface area (Å²) < 4.78 is 0. The van der Waals surface area contributed by atoms with E-state index in [4.69, 9.17) is 0 Å². The van der Waals surface area contributed by atoms with Crippen molar-refractivity contribution in [2.75, 3.05) is 0 Å². The van der Waals surface area contributed by atoms with Gasteiger partial charge in [-0.25, -0.2) is 0 Å². The summed E-state index contributed by atoms with van der Waals surface area (Å²) in [7, 11) is 0. The standard InChI is InChI=1S/C35H23/c1-4-14-24(15-5-1)31-32(25-16-6-2-7-17-25)34-29-22-12-10-20-27(29)28-21-11-13-23-30(28)35(34)33(31)26-18-8-3-9-19-26/h1-23H/q+1. The first kappa shape index (κ1) is 19.9. The zero-order valence-electron chi connectivity index (χ0n) is 19.3. The molecular formula is C35H23+. The van der Waals surface area contributed by atoms with Gasteiger partial charge in [0.25, 0.3) is 0 Å². The van der Waals surface area contributed by atoms with Crippen molar-refractivity contribution < 1.29 is 0 Å². The lowest BCUT2D eigenvalue weighted by atomic mass is 9.81. The maximum atomic E-state index is 2.29. The van der Waals surface area contributed by atoms with E-state index in [9.17, 15) is 0 Å². The Bertz CT molecular complexity index is 1690. The molecule has 162 valence electrons. The zero-order chi connectivity index (χ0) is 23.2. The second-order valence-electron chi connectivity index (χ2n) is 9.06. The molecule has 0 bridgehead atoms. The third-order valence-electron chi connectivity index (χ3n) is 7.12. The van der Waals surface area contributed by atoms with Gasteiger partial charge < -0.3 is 0 Å². The molecule has 0 radical (unpaired) electrons. The van der Waals surface area contributed by atoms with Crippen LogP contribution in [0, 0.1) is 5.92 Å². The molecule has 0 aliphatic heterocycles. The number of hydrogen-bond acceptors (Lipinski definition) is 0. The van der Waals surface area contributed by atoms with Crippen molar-refractivity contribution in [2.45, 2.75) is 0 Å². The Labute approximate surface area is 205 Å². The van der Waals surface area contributed by atoms with Crippen LogP contribution < -0.4 is 10.4 Å². The largest absolute Gasteiger partial charge is 0.0754 e. The van der Waals surface area contributed by atoms with Crippen LogP contribution >= 0.6 is 0 Å². The molecule has 0 heteroatoms. The molecule has 7 rings (SSSR count). The fourth-order valence-electron chi connectivity index (χ4n) is 5.72. The van der Waals surface area contributed by atoms with Gasteiger partial charge in [-0.05, 0) is 71.4 Å². The highest BCUT2D eigenvalue weighted by molar-refractivity contribution is 6.14. The molecule has 0 unspecified atom stereocenters. The molecule has 0 aromatic heterocycles. The molecule has 0 saturated carbocycles. The SMILES string of the molecule is c1ccc(C2=c3c(c4ccccc4c4ccccc34)=C(c3ccccc3)[C+]2c2ccccc2)cc1. The summed E-state index contributed by atoms with van der Waals surface area (Å²) in [6.07, 6.45) is 0. The van der Waals surface area contributed by atoms with Crippen LogP contribution in [0.25, 0.3) is 32.7 Å². The van der Waals surface area contributed by atoms with Crippen LogP contribution in [0.15, 0.2) is 140 Å². The average molecular weight is 444 g/mol. The first-order chi connectivity index (χ1) is 17.4. The van der Waals surface area contributed by atoms with E-state index in [0.717, 1.165) is 0 Å². The zero-order valence-corrected chi connectivity index (χ0v) is 19.3. The van der Waals surface area contributed by atoms with Gasteiger partial charge in [0.1, 0.15) is 0 Å². The quantitative estimate of drug-likeness (QED) is 0.203. The van der Waals surface area contributed by atoms with Crippen molar-refractivity contribution in [2.24, 2.45) is 0 Å². The first-order valence-electron chi connectivity index (χ1n) is 12.1. The van der Waals surface area contributed by atoms with E-state index in [0.29, 0.717) is 0 Å². The van der Waals surface area contributed by atoms with Crippen molar-refractivity contribution in [3.8, 4) is 0 Å². The van der Waals surface area contributed by atoms with Gasteiger partial charge in [-0.2, -0.15) is 0 Å². The lowest BCUT2D eigenvalue weighted by molar-refractivity contribution is 1.37. The van der Waals surface area contributed by atoms with E-state index in [1.54, 1.807) is 0 Å². The predicted octanol–water partition coefficient (Wildman–Crippen LogP) is 7.03. The van der Waals surface area contributed by atoms with Gasteiger partial charge in [0, 0.05) is 21.9 Å². The predicted molar refractivity (Wildman–Crippen MR) is 147 cm³/mol. The smallest absolute Gasteiger partial charge is 0.0616 e. The normalized spacial score (nSPS) is 13.0. The van der Waals surface area contributed by atoms with Gasteiger partial charge in [-0.1, -0.05) is 78.9 Å². The number of hydrogen-bond donors (Lipinski definition) is 0. The highest BCUT2D eigenvalue weighted by atomic mass is 14.3. The Hall–Kier alpha value is -4.55. The van der Waals surface area contributed by atoms with E-state index < -0.39 is 0 Å². The Morgan fingerprint density at radius 3 is 1.09 bits per heavy atom. The number of benzene rings is 6. The minimum absolute atomic E-state index is 1.24. The third-order valence-corrected chi connectivity index (χ3v) is 7.12. The third kappa shape index (κ3) is 3.04. The van der Waals surface area contributed by atoms with Crippen LogP contribution in [0.5, 0.6) is 0 Å². The molecule has 35 heavy (non-hydrogen) atoms. The molecule has 1 aliphatic carbocycles. The van der Waals surface area contributed by atoms with Crippen molar-refractivity contribution in [1.29, 1.82) is 0 Å². The minimum atomic E-state index is 1.24. The second kappa shape index (κ2) is 8.04. The van der Waals surface area contributed by atoms with Crippen molar-refractivity contribution in [3.05, 3.63) is 173 Å². The highest BCUT2D eigenvalue weighted by Gasteiger charge is 2.37. The molecular weight excluding hydrogens is 420 g/mol. The summed E-state index contributed by atoms with van der Waals surface area (Å²) in [6.45, 7) is 0. The maximum absolute atomic E-state index is 2.29. The molecule has 6 aromatic carbocycles. The van der Waals surface area contributed by atoms with E-state index in [1.165, 1.54) is 65.7 Å². The summed E-state index contributed by atoms with van der Waals surface area (Å²) in [5, 5.41) is 7.89. The lowest BCUT2D eigenvalue weighted by Gasteiger charge is -2.15. The monoisotopic (exact) mass is 443 g/mol. The molecule has 0 nitrogen and oxygen atoms in total. The van der Waals surface area contributed by atoms with E-state index in [1.807, 2.05) is 0 Å². The number of rotatable bonds is 3. The fourth-order valence-corrected chi connectivity index (χ4v) is 5.72. The summed E-state index contributed by atoms with van der Waals surface area (Å²) >= 11 is 0. The molecule has 0 heterocycles. The topological polar surface area (TPSA) is 0 Å². The molecule has 0 atom stereocenters. The Morgan fingerprint density at radius 2 is 0.657 bits per heavy atom. The fraction of sp³-hybridized carbons (Fsp3) is 0. The molecule has 0 spiro atoms. The van der Waals surface area contributed by atoms with Crippen LogP contribution in [-0.4, -0.2) is 0 Å². The van der Waals surface area contributed by atoms with Gasteiger partial charge in [0.2, 0.25) is 0 Å². The van der Waals surface area contributed by atoms with Crippen molar-refractivity contribution in [1.82, 2.24) is 0 Å². The molecule has 0 fully saturated rings. The molecule has 0 saturated heterocycles. The van der Waals surface area contributed by atoms with E-state index in [2.05, 4.69) is 140 Å². The Balaban J connectivity index is 1.81. The van der Waals surface area contributed by atoms with Gasteiger partial charge >= 0.3 is 0 Å². The molecule has 6 aromatic rings. The molecule has 0 amide bonds. The van der Waals surface area contributed by atoms with E-state index >= 15 is 0 Å². The maximum Gasteiger partial charge on any atom is 0.0754 e. The highest BCUT2D eigenvalue weighted by Crippen LogP contribution is 2.42. The van der Waals surface area contributed by atoms with Crippen LogP contribution in [0.1, 0.15) is 16.7 Å². The summed E-state index contributed by atoms with van der Waals surface area (Å²) in [4.78, 5) is 0. The lowest BCUT2D eigenvalue weighted by Crippen LogP contribution is -2.27. The van der Waals surface area contributed by atoms with Crippen LogP contribution in [0.4, 0.5) is 0 Å². The van der Waals surface area contributed by atoms with Crippen molar-refractivity contribution in [3.63, 3.8) is 0 Å². The second-order valence-corrected chi connectivity index (χ2v) is 9.06. The molecule has 0 N–H and O–H groups in total. The summed E-state index contributed by atoms with van der Waals surface area (Å²) in [6, 6.07) is 50.4. The van der Waals surface area contributed by atoms with Crippen LogP contribution in [0.3, 0.4) is 0 Å². The Kier molecular flexibility index (Phi) is 4.57. The minimum Gasteiger partial charge on any atom is -0.0616 e. The van der Waals surface area contributed by atoms with Crippen molar-refractivity contribution >= 4 is 32.7 Å². The first-order valence-corrected chi connectivity index (χ1v) is 12.1. The van der Waals surface area contributed by atoms with Gasteiger partial charge in [0.05, 0.1) is 33.1 Å². The van der Waals surface area contributed by atoms with Gasteiger partial charge in [-0.15, -0.1) is 0 Å². The Morgan fingerprint density at radius 1 is 0.314 bits per heavy atom.